The Bertz CT molecular complexity index is 583. The summed E-state index contributed by atoms with van der Waals surface area (Å²) in [7, 11) is 0. The molecule has 3 rings (SSSR count). The van der Waals surface area contributed by atoms with Crippen LogP contribution in [-0.4, -0.2) is 42.8 Å². The Balaban J connectivity index is 1.62. The molecule has 1 aromatic rings. The number of amides is 1. The van der Waals surface area contributed by atoms with Crippen LogP contribution in [0.2, 0.25) is 0 Å². The molecule has 126 valence electrons. The molecular formula is C17H22BrFN2O2. The highest BCUT2D eigenvalue weighted by molar-refractivity contribution is 9.10. The van der Waals surface area contributed by atoms with E-state index in [1.54, 1.807) is 11.0 Å². The van der Waals surface area contributed by atoms with Gasteiger partial charge in [0.15, 0.2) is 0 Å². The standard InChI is InChI=1S/C17H22BrFN2O2/c1-17(2,3)23-16(22)21-9-11-7-20(8-12(11)10-21)15-5-13(18)4-14(19)6-15/h4-6,11-12H,7-10H2,1-3H3. The lowest BCUT2D eigenvalue weighted by molar-refractivity contribution is 0.0282. The molecule has 2 aliphatic rings. The summed E-state index contributed by atoms with van der Waals surface area (Å²) in [6.45, 7) is 8.76. The maximum absolute atomic E-state index is 13.6. The minimum absolute atomic E-state index is 0.230. The van der Waals surface area contributed by atoms with Crippen molar-refractivity contribution in [2.24, 2.45) is 11.8 Å². The molecule has 0 spiro atoms. The number of rotatable bonds is 1. The SMILES string of the molecule is CC(C)(C)OC(=O)N1CC2CN(c3cc(F)cc(Br)c3)CC2C1. The van der Waals surface area contributed by atoms with Crippen LogP contribution < -0.4 is 4.90 Å². The molecule has 0 saturated carbocycles. The molecule has 2 fully saturated rings. The van der Waals surface area contributed by atoms with Gasteiger partial charge in [-0.1, -0.05) is 15.9 Å². The van der Waals surface area contributed by atoms with E-state index in [4.69, 9.17) is 4.74 Å². The summed E-state index contributed by atoms with van der Waals surface area (Å²) in [6, 6.07) is 4.97. The first-order valence-corrected chi connectivity index (χ1v) is 8.69. The Kier molecular flexibility index (Phi) is 4.29. The van der Waals surface area contributed by atoms with E-state index in [0.717, 1.165) is 23.2 Å². The van der Waals surface area contributed by atoms with Gasteiger partial charge in [-0.05, 0) is 39.0 Å². The van der Waals surface area contributed by atoms with Gasteiger partial charge in [-0.15, -0.1) is 0 Å². The molecule has 1 amide bonds. The number of carbonyl (C=O) groups is 1. The first-order chi connectivity index (χ1) is 10.7. The van der Waals surface area contributed by atoms with Crippen molar-refractivity contribution >= 4 is 27.7 Å². The first kappa shape index (κ1) is 16.6. The zero-order valence-corrected chi connectivity index (χ0v) is 15.3. The van der Waals surface area contributed by atoms with Crippen LogP contribution in [0.5, 0.6) is 0 Å². The number of halogens is 2. The molecule has 0 N–H and O–H groups in total. The van der Waals surface area contributed by atoms with Gasteiger partial charge in [0.05, 0.1) is 0 Å². The van der Waals surface area contributed by atoms with Gasteiger partial charge in [0.25, 0.3) is 0 Å². The van der Waals surface area contributed by atoms with Gasteiger partial charge < -0.3 is 14.5 Å². The van der Waals surface area contributed by atoms with E-state index in [0.29, 0.717) is 24.9 Å². The van der Waals surface area contributed by atoms with Crippen LogP contribution in [0.4, 0.5) is 14.9 Å². The topological polar surface area (TPSA) is 32.8 Å². The number of benzene rings is 1. The summed E-state index contributed by atoms with van der Waals surface area (Å²) in [5.74, 6) is 0.607. The summed E-state index contributed by atoms with van der Waals surface area (Å²) >= 11 is 3.34. The normalized spacial score (nSPS) is 24.0. The van der Waals surface area contributed by atoms with Gasteiger partial charge in [0.1, 0.15) is 11.4 Å². The van der Waals surface area contributed by atoms with Crippen molar-refractivity contribution in [3.63, 3.8) is 0 Å². The van der Waals surface area contributed by atoms with E-state index in [-0.39, 0.29) is 11.9 Å². The molecule has 2 atom stereocenters. The molecule has 0 radical (unpaired) electrons. The Morgan fingerprint density at radius 2 is 1.78 bits per heavy atom. The smallest absolute Gasteiger partial charge is 0.410 e. The van der Waals surface area contributed by atoms with Gasteiger partial charge in [0, 0.05) is 48.2 Å². The Morgan fingerprint density at radius 3 is 2.30 bits per heavy atom. The van der Waals surface area contributed by atoms with Crippen molar-refractivity contribution in [2.75, 3.05) is 31.1 Å². The Hall–Kier alpha value is -1.30. The van der Waals surface area contributed by atoms with Crippen molar-refractivity contribution in [2.45, 2.75) is 26.4 Å². The number of ether oxygens (including phenoxy) is 1. The Morgan fingerprint density at radius 1 is 1.17 bits per heavy atom. The molecule has 23 heavy (non-hydrogen) atoms. The van der Waals surface area contributed by atoms with E-state index in [1.165, 1.54) is 6.07 Å². The third-order valence-electron chi connectivity index (χ3n) is 4.35. The highest BCUT2D eigenvalue weighted by Gasteiger charge is 2.42. The van der Waals surface area contributed by atoms with Crippen molar-refractivity contribution in [3.05, 3.63) is 28.5 Å². The number of hydrogen-bond acceptors (Lipinski definition) is 3. The first-order valence-electron chi connectivity index (χ1n) is 7.90. The number of anilines is 1. The minimum Gasteiger partial charge on any atom is -0.444 e. The molecule has 4 nitrogen and oxygen atoms in total. The lowest BCUT2D eigenvalue weighted by Gasteiger charge is -2.26. The molecular weight excluding hydrogens is 363 g/mol. The van der Waals surface area contributed by atoms with Gasteiger partial charge in [-0.2, -0.15) is 0 Å². The minimum atomic E-state index is -0.464. The number of hydrogen-bond donors (Lipinski definition) is 0. The predicted octanol–water partition coefficient (Wildman–Crippen LogP) is 3.89. The second-order valence-electron chi connectivity index (χ2n) is 7.44. The molecule has 2 saturated heterocycles. The van der Waals surface area contributed by atoms with Crippen molar-refractivity contribution < 1.29 is 13.9 Å². The van der Waals surface area contributed by atoms with Crippen LogP contribution in [0, 0.1) is 17.7 Å². The van der Waals surface area contributed by atoms with Gasteiger partial charge in [0.2, 0.25) is 0 Å². The van der Waals surface area contributed by atoms with Gasteiger partial charge >= 0.3 is 6.09 Å². The molecule has 2 unspecified atom stereocenters. The molecule has 0 aliphatic carbocycles. The number of fused-ring (bicyclic) bond motifs is 1. The van der Waals surface area contributed by atoms with Gasteiger partial charge in [-0.3, -0.25) is 0 Å². The van der Waals surface area contributed by atoms with Gasteiger partial charge in [-0.25, -0.2) is 9.18 Å². The van der Waals surface area contributed by atoms with Crippen molar-refractivity contribution in [1.29, 1.82) is 0 Å². The maximum atomic E-state index is 13.6. The zero-order chi connectivity index (χ0) is 16.8. The van der Waals surface area contributed by atoms with E-state index in [2.05, 4.69) is 20.8 Å². The molecule has 6 heteroatoms. The fraction of sp³-hybridized carbons (Fsp3) is 0.588. The Labute approximate surface area is 144 Å². The molecule has 2 aliphatic heterocycles. The van der Waals surface area contributed by atoms with E-state index in [9.17, 15) is 9.18 Å². The summed E-state index contributed by atoms with van der Waals surface area (Å²) in [6.07, 6.45) is -0.230. The lowest BCUT2D eigenvalue weighted by atomic mass is 10.0. The summed E-state index contributed by atoms with van der Waals surface area (Å²) in [4.78, 5) is 16.2. The van der Waals surface area contributed by atoms with E-state index < -0.39 is 5.60 Å². The highest BCUT2D eigenvalue weighted by atomic mass is 79.9. The average Bonchev–Trinajstić information content (AvgIpc) is 2.92. The van der Waals surface area contributed by atoms with Crippen LogP contribution >= 0.6 is 15.9 Å². The molecule has 0 aromatic heterocycles. The maximum Gasteiger partial charge on any atom is 0.410 e. The van der Waals surface area contributed by atoms with Crippen molar-refractivity contribution in [3.8, 4) is 0 Å². The summed E-state index contributed by atoms with van der Waals surface area (Å²) in [5, 5.41) is 0. The highest BCUT2D eigenvalue weighted by Crippen LogP contribution is 2.35. The molecule has 0 bridgehead atoms. The van der Waals surface area contributed by atoms with Crippen molar-refractivity contribution in [1.82, 2.24) is 4.90 Å². The predicted molar refractivity (Wildman–Crippen MR) is 91.1 cm³/mol. The third kappa shape index (κ3) is 3.79. The van der Waals surface area contributed by atoms with Crippen LogP contribution in [-0.2, 0) is 4.74 Å². The largest absolute Gasteiger partial charge is 0.444 e. The number of likely N-dealkylation sites (tertiary alicyclic amines) is 1. The fourth-order valence-corrected chi connectivity index (χ4v) is 3.85. The number of carbonyl (C=O) groups excluding carboxylic acids is 1. The van der Waals surface area contributed by atoms with Crippen LogP contribution in [0.3, 0.4) is 0 Å². The lowest BCUT2D eigenvalue weighted by Crippen LogP contribution is -2.37. The average molecular weight is 385 g/mol. The monoisotopic (exact) mass is 384 g/mol. The molecule has 2 heterocycles. The van der Waals surface area contributed by atoms with Crippen LogP contribution in [0.15, 0.2) is 22.7 Å². The third-order valence-corrected chi connectivity index (χ3v) is 4.81. The van der Waals surface area contributed by atoms with E-state index >= 15 is 0 Å². The zero-order valence-electron chi connectivity index (χ0n) is 13.7. The quantitative estimate of drug-likeness (QED) is 0.736. The second kappa shape index (κ2) is 5.96. The van der Waals surface area contributed by atoms with Crippen LogP contribution in [0.25, 0.3) is 0 Å². The van der Waals surface area contributed by atoms with E-state index in [1.807, 2.05) is 26.8 Å². The summed E-state index contributed by atoms with van der Waals surface area (Å²) in [5.41, 5.74) is 0.435. The molecule has 1 aromatic carbocycles. The fourth-order valence-electron chi connectivity index (χ4n) is 3.40. The summed E-state index contributed by atoms with van der Waals surface area (Å²) < 4.78 is 19.8. The number of nitrogens with zero attached hydrogens (tertiary/aromatic N) is 2. The second-order valence-corrected chi connectivity index (χ2v) is 8.35. The van der Waals surface area contributed by atoms with Crippen LogP contribution in [0.1, 0.15) is 20.8 Å².